The minimum atomic E-state index is -0.835. The second-order valence-corrected chi connectivity index (χ2v) is 6.35. The van der Waals surface area contributed by atoms with Gasteiger partial charge in [0, 0.05) is 13.0 Å². The van der Waals surface area contributed by atoms with E-state index >= 15 is 0 Å². The third-order valence-corrected chi connectivity index (χ3v) is 3.92. The van der Waals surface area contributed by atoms with Crippen molar-refractivity contribution in [3.8, 4) is 5.75 Å². The Balaban J connectivity index is 2.30. The van der Waals surface area contributed by atoms with Crippen LogP contribution in [-0.2, 0) is 11.2 Å². The van der Waals surface area contributed by atoms with E-state index in [-0.39, 0.29) is 5.91 Å². The Morgan fingerprint density at radius 1 is 1.38 bits per heavy atom. The maximum atomic E-state index is 11.8. The Morgan fingerprint density at radius 3 is 2.62 bits per heavy atom. The Morgan fingerprint density at radius 2 is 2.05 bits per heavy atom. The lowest BCUT2D eigenvalue weighted by atomic mass is 10.0. The molecule has 118 valence electrons. The van der Waals surface area contributed by atoms with E-state index in [2.05, 4.69) is 5.32 Å². The Labute approximate surface area is 131 Å². The first kappa shape index (κ1) is 17.9. The van der Waals surface area contributed by atoms with Crippen molar-refractivity contribution in [3.63, 3.8) is 0 Å². The van der Waals surface area contributed by atoms with Gasteiger partial charge in [0.1, 0.15) is 5.75 Å². The number of carbonyl (C=O) groups excluding carboxylic acids is 1. The number of methoxy groups -OCH3 is 1. The van der Waals surface area contributed by atoms with E-state index in [1.165, 1.54) is 0 Å². The second kappa shape index (κ2) is 8.95. The van der Waals surface area contributed by atoms with Gasteiger partial charge in [-0.25, -0.2) is 0 Å². The van der Waals surface area contributed by atoms with Crippen LogP contribution in [0.2, 0.25) is 0 Å². The smallest absolute Gasteiger partial charge is 0.220 e. The third kappa shape index (κ3) is 7.39. The molecular formula is C16H25NO3S. The minimum Gasteiger partial charge on any atom is -0.497 e. The van der Waals surface area contributed by atoms with Crippen LogP contribution in [0.1, 0.15) is 25.3 Å². The monoisotopic (exact) mass is 311 g/mol. The molecule has 0 saturated heterocycles. The molecule has 2 N–H and O–H groups in total. The zero-order valence-electron chi connectivity index (χ0n) is 13.0. The molecule has 4 nitrogen and oxygen atoms in total. The van der Waals surface area contributed by atoms with Gasteiger partial charge >= 0.3 is 0 Å². The van der Waals surface area contributed by atoms with Gasteiger partial charge in [-0.15, -0.1) is 0 Å². The average molecular weight is 311 g/mol. The summed E-state index contributed by atoms with van der Waals surface area (Å²) in [4.78, 5) is 11.8. The summed E-state index contributed by atoms with van der Waals surface area (Å²) in [5, 5.41) is 12.9. The fourth-order valence-corrected chi connectivity index (χ4v) is 2.48. The lowest BCUT2D eigenvalue weighted by Gasteiger charge is -2.23. The van der Waals surface area contributed by atoms with Gasteiger partial charge in [0.2, 0.25) is 5.91 Å². The molecule has 0 aliphatic carbocycles. The zero-order valence-corrected chi connectivity index (χ0v) is 13.8. The topological polar surface area (TPSA) is 58.6 Å². The van der Waals surface area contributed by atoms with Gasteiger partial charge in [-0.1, -0.05) is 12.1 Å². The lowest BCUT2D eigenvalue weighted by molar-refractivity contribution is -0.122. The molecule has 0 spiro atoms. The van der Waals surface area contributed by atoms with Gasteiger partial charge in [0.05, 0.1) is 12.7 Å². The molecule has 1 atom stereocenters. The molecule has 1 rings (SSSR count). The number of rotatable bonds is 9. The molecule has 0 heterocycles. The summed E-state index contributed by atoms with van der Waals surface area (Å²) in [5.74, 6) is 1.66. The molecule has 21 heavy (non-hydrogen) atoms. The molecule has 0 fully saturated rings. The predicted octanol–water partition coefficient (Wildman–Crippen LogP) is 2.25. The molecule has 0 saturated carbocycles. The second-order valence-electron chi connectivity index (χ2n) is 5.36. The number of thioether (sulfide) groups is 1. The van der Waals surface area contributed by atoms with E-state index in [0.717, 1.165) is 17.1 Å². The average Bonchev–Trinajstić information content (AvgIpc) is 2.49. The van der Waals surface area contributed by atoms with Gasteiger partial charge in [-0.2, -0.15) is 11.8 Å². The minimum absolute atomic E-state index is 0.0322. The van der Waals surface area contributed by atoms with Crippen molar-refractivity contribution in [2.24, 2.45) is 0 Å². The van der Waals surface area contributed by atoms with E-state index in [1.807, 2.05) is 30.5 Å². The quantitative estimate of drug-likeness (QED) is 0.734. The van der Waals surface area contributed by atoms with Crippen LogP contribution in [-0.4, -0.2) is 42.3 Å². The van der Waals surface area contributed by atoms with Crippen molar-refractivity contribution in [2.45, 2.75) is 31.8 Å². The number of nitrogens with one attached hydrogen (secondary N) is 1. The van der Waals surface area contributed by atoms with Gasteiger partial charge in [0.25, 0.3) is 0 Å². The maximum Gasteiger partial charge on any atom is 0.220 e. The number of ether oxygens (including phenoxy) is 1. The standard InChI is InChI=1S/C16H25NO3S/c1-16(19,10-11-21-3)12-17-15(18)9-6-13-4-7-14(20-2)8-5-13/h4-5,7-8,19H,6,9-12H2,1-3H3,(H,17,18)/t16-/m0/s1. The molecule has 1 aromatic carbocycles. The number of aryl methyl sites for hydroxylation is 1. The highest BCUT2D eigenvalue weighted by atomic mass is 32.2. The van der Waals surface area contributed by atoms with E-state index in [4.69, 9.17) is 4.74 Å². The number of hydrogen-bond acceptors (Lipinski definition) is 4. The fourth-order valence-electron chi connectivity index (χ4n) is 1.84. The normalized spacial score (nSPS) is 13.5. The first-order valence-electron chi connectivity index (χ1n) is 7.08. The summed E-state index contributed by atoms with van der Waals surface area (Å²) in [7, 11) is 1.63. The zero-order chi connectivity index (χ0) is 15.7. The molecule has 0 unspecified atom stereocenters. The molecule has 0 radical (unpaired) electrons. The Bertz CT molecular complexity index is 432. The van der Waals surface area contributed by atoms with E-state index < -0.39 is 5.60 Å². The fraction of sp³-hybridized carbons (Fsp3) is 0.562. The number of hydrogen-bond donors (Lipinski definition) is 2. The highest BCUT2D eigenvalue weighted by Gasteiger charge is 2.20. The van der Waals surface area contributed by atoms with Crippen LogP contribution in [0.5, 0.6) is 5.75 Å². The summed E-state index contributed by atoms with van der Waals surface area (Å²) < 4.78 is 5.09. The molecule has 0 bridgehead atoms. The number of amides is 1. The molecule has 1 aromatic rings. The lowest BCUT2D eigenvalue weighted by Crippen LogP contribution is -2.41. The van der Waals surface area contributed by atoms with Crippen molar-refractivity contribution >= 4 is 17.7 Å². The summed E-state index contributed by atoms with van der Waals surface area (Å²) in [6, 6.07) is 7.70. The van der Waals surface area contributed by atoms with E-state index in [1.54, 1.807) is 25.8 Å². The Kier molecular flexibility index (Phi) is 7.61. The number of benzene rings is 1. The first-order valence-corrected chi connectivity index (χ1v) is 8.47. The van der Waals surface area contributed by atoms with Crippen molar-refractivity contribution in [1.82, 2.24) is 5.32 Å². The van der Waals surface area contributed by atoms with Gasteiger partial charge < -0.3 is 15.2 Å². The first-order chi connectivity index (χ1) is 9.96. The SMILES string of the molecule is COc1ccc(CCC(=O)NC[C@@](C)(O)CCSC)cc1. The third-order valence-electron chi connectivity index (χ3n) is 3.31. The van der Waals surface area contributed by atoms with Crippen molar-refractivity contribution in [3.05, 3.63) is 29.8 Å². The summed E-state index contributed by atoms with van der Waals surface area (Å²) in [6.45, 7) is 2.06. The number of carbonyl (C=O) groups is 1. The molecule has 0 aliphatic rings. The summed E-state index contributed by atoms with van der Waals surface area (Å²) in [6.07, 6.45) is 3.78. The highest BCUT2D eigenvalue weighted by Crippen LogP contribution is 2.13. The Hall–Kier alpha value is -1.20. The molecule has 0 aliphatic heterocycles. The van der Waals surface area contributed by atoms with Gasteiger partial charge in [-0.05, 0) is 49.5 Å². The molecule has 0 aromatic heterocycles. The van der Waals surface area contributed by atoms with Crippen LogP contribution < -0.4 is 10.1 Å². The van der Waals surface area contributed by atoms with Crippen LogP contribution >= 0.6 is 11.8 Å². The van der Waals surface area contributed by atoms with Gasteiger partial charge in [-0.3, -0.25) is 4.79 Å². The van der Waals surface area contributed by atoms with Crippen molar-refractivity contribution in [1.29, 1.82) is 0 Å². The molecule has 5 heteroatoms. The largest absolute Gasteiger partial charge is 0.497 e. The van der Waals surface area contributed by atoms with Crippen molar-refractivity contribution < 1.29 is 14.6 Å². The maximum absolute atomic E-state index is 11.8. The van der Waals surface area contributed by atoms with Gasteiger partial charge in [0.15, 0.2) is 0 Å². The molecule has 1 amide bonds. The van der Waals surface area contributed by atoms with Crippen molar-refractivity contribution in [2.75, 3.05) is 25.7 Å². The highest BCUT2D eigenvalue weighted by molar-refractivity contribution is 7.98. The summed E-state index contributed by atoms with van der Waals surface area (Å²) in [5.41, 5.74) is 0.263. The summed E-state index contributed by atoms with van der Waals surface area (Å²) >= 11 is 1.69. The van der Waals surface area contributed by atoms with E-state index in [9.17, 15) is 9.90 Å². The predicted molar refractivity (Wildman–Crippen MR) is 87.9 cm³/mol. The van der Waals surface area contributed by atoms with Crippen LogP contribution in [0.3, 0.4) is 0 Å². The van der Waals surface area contributed by atoms with E-state index in [0.29, 0.717) is 25.8 Å². The van der Waals surface area contributed by atoms with Crippen LogP contribution in [0.4, 0.5) is 0 Å². The van der Waals surface area contributed by atoms with Crippen LogP contribution in [0, 0.1) is 0 Å². The van der Waals surface area contributed by atoms with Crippen LogP contribution in [0.25, 0.3) is 0 Å². The molecular weight excluding hydrogens is 286 g/mol. The van der Waals surface area contributed by atoms with Crippen LogP contribution in [0.15, 0.2) is 24.3 Å². The number of aliphatic hydroxyl groups is 1.